The molecule has 1 aromatic carbocycles. The number of hydrogen-bond donors (Lipinski definition) is 2. The number of rotatable bonds is 3. The molecule has 1 amide bonds. The Balaban J connectivity index is 2.80. The lowest BCUT2D eigenvalue weighted by Gasteiger charge is -2.21. The number of anilines is 2. The molecule has 0 unspecified atom stereocenters. The van der Waals surface area contributed by atoms with Crippen LogP contribution in [0.1, 0.15) is 33.3 Å². The third-order valence-electron chi connectivity index (χ3n) is 2.37. The van der Waals surface area contributed by atoms with Gasteiger partial charge in [0.25, 0.3) is 0 Å². The SMILES string of the molecule is CC(=O)Nc1ccc(C)c(NCC(C)(C)C)c1. The number of nitrogens with one attached hydrogen (secondary N) is 2. The van der Waals surface area contributed by atoms with E-state index in [1.165, 1.54) is 12.5 Å². The summed E-state index contributed by atoms with van der Waals surface area (Å²) in [5.41, 5.74) is 3.32. The number of amides is 1. The van der Waals surface area contributed by atoms with Gasteiger partial charge in [-0.05, 0) is 30.0 Å². The van der Waals surface area contributed by atoms with Crippen LogP contribution >= 0.6 is 0 Å². The Bertz CT molecular complexity index is 405. The Morgan fingerprint density at radius 3 is 2.47 bits per heavy atom. The molecule has 0 bridgehead atoms. The van der Waals surface area contributed by atoms with Gasteiger partial charge in [-0.15, -0.1) is 0 Å². The molecule has 17 heavy (non-hydrogen) atoms. The molecule has 0 aromatic heterocycles. The first-order chi connectivity index (χ1) is 7.78. The predicted octanol–water partition coefficient (Wildman–Crippen LogP) is 3.41. The van der Waals surface area contributed by atoms with Gasteiger partial charge in [0.1, 0.15) is 0 Å². The molecule has 1 rings (SSSR count). The molecule has 0 aliphatic heterocycles. The maximum Gasteiger partial charge on any atom is 0.221 e. The summed E-state index contributed by atoms with van der Waals surface area (Å²) in [6.07, 6.45) is 0. The second kappa shape index (κ2) is 5.21. The minimum atomic E-state index is -0.0457. The molecule has 0 heterocycles. The maximum atomic E-state index is 11.0. The van der Waals surface area contributed by atoms with Gasteiger partial charge in [-0.1, -0.05) is 26.8 Å². The second-order valence-electron chi connectivity index (χ2n) is 5.63. The number of aryl methyl sites for hydroxylation is 1. The van der Waals surface area contributed by atoms with Crippen molar-refractivity contribution >= 4 is 17.3 Å². The van der Waals surface area contributed by atoms with Crippen molar-refractivity contribution in [3.05, 3.63) is 23.8 Å². The largest absolute Gasteiger partial charge is 0.384 e. The van der Waals surface area contributed by atoms with Crippen molar-refractivity contribution in [2.45, 2.75) is 34.6 Å². The van der Waals surface area contributed by atoms with Crippen molar-refractivity contribution in [3.63, 3.8) is 0 Å². The lowest BCUT2D eigenvalue weighted by atomic mass is 9.96. The zero-order chi connectivity index (χ0) is 13.1. The molecular formula is C14H22N2O. The third-order valence-corrected chi connectivity index (χ3v) is 2.37. The zero-order valence-electron chi connectivity index (χ0n) is 11.3. The first-order valence-electron chi connectivity index (χ1n) is 5.90. The Kier molecular flexibility index (Phi) is 4.16. The van der Waals surface area contributed by atoms with Gasteiger partial charge >= 0.3 is 0 Å². The van der Waals surface area contributed by atoms with E-state index < -0.39 is 0 Å². The van der Waals surface area contributed by atoms with Crippen molar-refractivity contribution in [1.29, 1.82) is 0 Å². The van der Waals surface area contributed by atoms with Crippen LogP contribution < -0.4 is 10.6 Å². The van der Waals surface area contributed by atoms with Gasteiger partial charge in [0.05, 0.1) is 0 Å². The molecule has 0 saturated heterocycles. The molecule has 0 aliphatic carbocycles. The van der Waals surface area contributed by atoms with Crippen LogP contribution in [0.3, 0.4) is 0 Å². The summed E-state index contributed by atoms with van der Waals surface area (Å²) in [6, 6.07) is 5.90. The Morgan fingerprint density at radius 2 is 1.94 bits per heavy atom. The van der Waals surface area contributed by atoms with E-state index in [1.54, 1.807) is 0 Å². The molecule has 0 radical (unpaired) electrons. The zero-order valence-corrected chi connectivity index (χ0v) is 11.3. The first kappa shape index (κ1) is 13.6. The molecule has 0 aliphatic rings. The van der Waals surface area contributed by atoms with Gasteiger partial charge < -0.3 is 10.6 Å². The molecule has 94 valence electrons. The van der Waals surface area contributed by atoms with E-state index in [1.807, 2.05) is 18.2 Å². The minimum Gasteiger partial charge on any atom is -0.384 e. The van der Waals surface area contributed by atoms with Crippen molar-refractivity contribution in [2.75, 3.05) is 17.2 Å². The standard InChI is InChI=1S/C14H22N2O/c1-10-6-7-12(16-11(2)17)8-13(10)15-9-14(3,4)5/h6-8,15H,9H2,1-5H3,(H,16,17). The smallest absolute Gasteiger partial charge is 0.221 e. The second-order valence-corrected chi connectivity index (χ2v) is 5.63. The highest BCUT2D eigenvalue weighted by atomic mass is 16.1. The first-order valence-corrected chi connectivity index (χ1v) is 5.90. The van der Waals surface area contributed by atoms with Crippen molar-refractivity contribution < 1.29 is 4.79 Å². The van der Waals surface area contributed by atoms with Crippen molar-refractivity contribution in [3.8, 4) is 0 Å². The van der Waals surface area contributed by atoms with Gasteiger partial charge in [-0.2, -0.15) is 0 Å². The fourth-order valence-electron chi connectivity index (χ4n) is 1.45. The summed E-state index contributed by atoms with van der Waals surface area (Å²) in [6.45, 7) is 11.0. The maximum absolute atomic E-state index is 11.0. The normalized spacial score (nSPS) is 11.1. The molecule has 0 spiro atoms. The van der Waals surface area contributed by atoms with Gasteiger partial charge in [0.2, 0.25) is 5.91 Å². The number of carbonyl (C=O) groups excluding carboxylic acids is 1. The molecule has 3 nitrogen and oxygen atoms in total. The van der Waals surface area contributed by atoms with Crippen LogP contribution in [0.5, 0.6) is 0 Å². The van der Waals surface area contributed by atoms with E-state index in [0.29, 0.717) is 0 Å². The summed E-state index contributed by atoms with van der Waals surface area (Å²) in [5, 5.41) is 6.21. The summed E-state index contributed by atoms with van der Waals surface area (Å²) in [7, 11) is 0. The molecule has 2 N–H and O–H groups in total. The van der Waals surface area contributed by atoms with Gasteiger partial charge in [0.15, 0.2) is 0 Å². The highest BCUT2D eigenvalue weighted by Gasteiger charge is 2.10. The third kappa shape index (κ3) is 4.89. The Hall–Kier alpha value is -1.51. The summed E-state index contributed by atoms with van der Waals surface area (Å²) >= 11 is 0. The molecule has 3 heteroatoms. The van der Waals surface area contributed by atoms with E-state index in [9.17, 15) is 4.79 Å². The Labute approximate surface area is 104 Å². The van der Waals surface area contributed by atoms with Crippen LogP contribution in [0.4, 0.5) is 11.4 Å². The monoisotopic (exact) mass is 234 g/mol. The van der Waals surface area contributed by atoms with Crippen molar-refractivity contribution in [1.82, 2.24) is 0 Å². The number of carbonyl (C=O) groups is 1. The van der Waals surface area contributed by atoms with Crippen LogP contribution in [0.2, 0.25) is 0 Å². The average Bonchev–Trinajstić information content (AvgIpc) is 2.17. The van der Waals surface area contributed by atoms with E-state index in [2.05, 4.69) is 38.3 Å². The van der Waals surface area contributed by atoms with Gasteiger partial charge in [-0.25, -0.2) is 0 Å². The van der Waals surface area contributed by atoms with Crippen LogP contribution in [0.15, 0.2) is 18.2 Å². The van der Waals surface area contributed by atoms with Crippen LogP contribution in [-0.2, 0) is 4.79 Å². The minimum absolute atomic E-state index is 0.0457. The summed E-state index contributed by atoms with van der Waals surface area (Å²) < 4.78 is 0. The average molecular weight is 234 g/mol. The fourth-order valence-corrected chi connectivity index (χ4v) is 1.45. The molecule has 0 atom stereocenters. The lowest BCUT2D eigenvalue weighted by Crippen LogP contribution is -2.19. The van der Waals surface area contributed by atoms with E-state index >= 15 is 0 Å². The topological polar surface area (TPSA) is 41.1 Å². The van der Waals surface area contributed by atoms with E-state index in [4.69, 9.17) is 0 Å². The van der Waals surface area contributed by atoms with Crippen molar-refractivity contribution in [2.24, 2.45) is 5.41 Å². The highest BCUT2D eigenvalue weighted by Crippen LogP contribution is 2.22. The lowest BCUT2D eigenvalue weighted by molar-refractivity contribution is -0.114. The number of benzene rings is 1. The number of hydrogen-bond acceptors (Lipinski definition) is 2. The quantitative estimate of drug-likeness (QED) is 0.841. The van der Waals surface area contributed by atoms with E-state index in [0.717, 1.165) is 17.9 Å². The fraction of sp³-hybridized carbons (Fsp3) is 0.500. The molecular weight excluding hydrogens is 212 g/mol. The summed E-state index contributed by atoms with van der Waals surface area (Å²) in [5.74, 6) is -0.0457. The molecule has 1 aromatic rings. The Morgan fingerprint density at radius 1 is 1.29 bits per heavy atom. The molecule has 0 saturated carbocycles. The van der Waals surface area contributed by atoms with Gasteiger partial charge in [0, 0.05) is 24.8 Å². The molecule has 0 fully saturated rings. The highest BCUT2D eigenvalue weighted by molar-refractivity contribution is 5.89. The van der Waals surface area contributed by atoms with E-state index in [-0.39, 0.29) is 11.3 Å². The van der Waals surface area contributed by atoms with Crippen LogP contribution in [0.25, 0.3) is 0 Å². The summed E-state index contributed by atoms with van der Waals surface area (Å²) in [4.78, 5) is 11.0. The van der Waals surface area contributed by atoms with Crippen LogP contribution in [0, 0.1) is 12.3 Å². The van der Waals surface area contributed by atoms with Gasteiger partial charge in [-0.3, -0.25) is 4.79 Å². The predicted molar refractivity (Wildman–Crippen MR) is 73.4 cm³/mol. The van der Waals surface area contributed by atoms with Crippen LogP contribution in [-0.4, -0.2) is 12.5 Å².